The first-order valence-electron chi connectivity index (χ1n) is 6.06. The van der Waals surface area contributed by atoms with Gasteiger partial charge in [0.15, 0.2) is 5.69 Å². The predicted molar refractivity (Wildman–Crippen MR) is 73.6 cm³/mol. The maximum Gasteiger partial charge on any atom is 0.274 e. The van der Waals surface area contributed by atoms with E-state index in [1.54, 1.807) is 6.92 Å². The monoisotopic (exact) mass is 288 g/mol. The standard InChI is InChI=1S/C11H20N4O3S/c1-4-5-8-9(12)10(15-14-8)11(16)13-7(2)6-19(3,17)18/h7H,4-6,12H2,1-3H3,(H,13,16)(H,14,15). The van der Waals surface area contributed by atoms with Gasteiger partial charge in [0.25, 0.3) is 5.91 Å². The van der Waals surface area contributed by atoms with Crippen molar-refractivity contribution in [1.29, 1.82) is 0 Å². The van der Waals surface area contributed by atoms with Crippen molar-refractivity contribution in [3.05, 3.63) is 11.4 Å². The van der Waals surface area contributed by atoms with Crippen LogP contribution >= 0.6 is 0 Å². The van der Waals surface area contributed by atoms with Gasteiger partial charge in [-0.05, 0) is 13.3 Å². The van der Waals surface area contributed by atoms with Gasteiger partial charge in [-0.3, -0.25) is 9.89 Å². The van der Waals surface area contributed by atoms with Crippen LogP contribution in [0.5, 0.6) is 0 Å². The van der Waals surface area contributed by atoms with Crippen LogP contribution in [0.3, 0.4) is 0 Å². The summed E-state index contributed by atoms with van der Waals surface area (Å²) in [4.78, 5) is 11.9. The number of hydrogen-bond donors (Lipinski definition) is 3. The Bertz CT molecular complexity index is 550. The minimum atomic E-state index is -3.14. The van der Waals surface area contributed by atoms with Gasteiger partial charge in [-0.1, -0.05) is 13.3 Å². The number of carbonyl (C=O) groups excluding carboxylic acids is 1. The molecule has 0 aromatic carbocycles. The molecule has 1 atom stereocenters. The van der Waals surface area contributed by atoms with Crippen LogP contribution in [-0.4, -0.2) is 42.6 Å². The molecule has 0 saturated heterocycles. The summed E-state index contributed by atoms with van der Waals surface area (Å²) in [6.07, 6.45) is 2.72. The van der Waals surface area contributed by atoms with Gasteiger partial charge >= 0.3 is 0 Å². The molecule has 0 aliphatic heterocycles. The van der Waals surface area contributed by atoms with Crippen molar-refractivity contribution in [2.45, 2.75) is 32.7 Å². The van der Waals surface area contributed by atoms with E-state index in [9.17, 15) is 13.2 Å². The fraction of sp³-hybridized carbons (Fsp3) is 0.636. The minimum absolute atomic E-state index is 0.115. The number of aromatic amines is 1. The van der Waals surface area contributed by atoms with Crippen LogP contribution in [0.25, 0.3) is 0 Å². The maximum absolute atomic E-state index is 11.9. The van der Waals surface area contributed by atoms with Gasteiger partial charge in [0.2, 0.25) is 0 Å². The number of anilines is 1. The first-order valence-corrected chi connectivity index (χ1v) is 8.12. The largest absolute Gasteiger partial charge is 0.395 e. The van der Waals surface area contributed by atoms with E-state index in [0.717, 1.165) is 18.4 Å². The average molecular weight is 288 g/mol. The van der Waals surface area contributed by atoms with E-state index in [4.69, 9.17) is 5.73 Å². The Balaban J connectivity index is 2.73. The number of rotatable bonds is 6. The van der Waals surface area contributed by atoms with Crippen molar-refractivity contribution in [3.63, 3.8) is 0 Å². The van der Waals surface area contributed by atoms with Crippen LogP contribution in [0.2, 0.25) is 0 Å². The van der Waals surface area contributed by atoms with E-state index in [-0.39, 0.29) is 11.4 Å². The number of nitrogens with one attached hydrogen (secondary N) is 2. The molecule has 1 unspecified atom stereocenters. The smallest absolute Gasteiger partial charge is 0.274 e. The zero-order valence-corrected chi connectivity index (χ0v) is 12.2. The van der Waals surface area contributed by atoms with Crippen LogP contribution in [-0.2, 0) is 16.3 Å². The van der Waals surface area contributed by atoms with E-state index in [1.807, 2.05) is 6.92 Å². The number of nitrogens with two attached hydrogens (primary N) is 1. The second-order valence-corrected chi connectivity index (χ2v) is 6.87. The molecule has 0 saturated carbocycles. The number of H-pyrrole nitrogens is 1. The first kappa shape index (κ1) is 15.5. The fourth-order valence-corrected chi connectivity index (χ4v) is 2.78. The second kappa shape index (κ2) is 6.05. The molecule has 0 bridgehead atoms. The van der Waals surface area contributed by atoms with Gasteiger partial charge in [-0.2, -0.15) is 5.10 Å². The zero-order chi connectivity index (χ0) is 14.6. The summed E-state index contributed by atoms with van der Waals surface area (Å²) in [5, 5.41) is 9.16. The molecule has 8 heteroatoms. The van der Waals surface area contributed by atoms with Crippen molar-refractivity contribution >= 4 is 21.4 Å². The van der Waals surface area contributed by atoms with E-state index < -0.39 is 21.8 Å². The maximum atomic E-state index is 11.9. The molecule has 0 aliphatic carbocycles. The molecule has 1 aromatic heterocycles. The van der Waals surface area contributed by atoms with Gasteiger partial charge in [-0.15, -0.1) is 0 Å². The third-order valence-electron chi connectivity index (χ3n) is 2.53. The second-order valence-electron chi connectivity index (χ2n) is 4.68. The van der Waals surface area contributed by atoms with E-state index >= 15 is 0 Å². The molecule has 0 spiro atoms. The molecule has 1 amide bonds. The summed E-state index contributed by atoms with van der Waals surface area (Å²) in [6.45, 7) is 3.61. The van der Waals surface area contributed by atoms with Crippen molar-refractivity contribution in [2.75, 3.05) is 17.7 Å². The van der Waals surface area contributed by atoms with Crippen molar-refractivity contribution in [3.8, 4) is 0 Å². The normalized spacial score (nSPS) is 13.2. The minimum Gasteiger partial charge on any atom is -0.395 e. The fourth-order valence-electron chi connectivity index (χ4n) is 1.79. The van der Waals surface area contributed by atoms with Crippen LogP contribution < -0.4 is 11.1 Å². The molecule has 108 valence electrons. The van der Waals surface area contributed by atoms with Gasteiger partial charge < -0.3 is 11.1 Å². The Hall–Kier alpha value is -1.57. The summed E-state index contributed by atoms with van der Waals surface area (Å²) < 4.78 is 22.2. The third kappa shape index (κ3) is 4.55. The van der Waals surface area contributed by atoms with Crippen molar-refractivity contribution in [2.24, 2.45) is 0 Å². The lowest BCUT2D eigenvalue weighted by Gasteiger charge is -2.11. The molecular weight excluding hydrogens is 268 g/mol. The molecule has 19 heavy (non-hydrogen) atoms. The van der Waals surface area contributed by atoms with Crippen molar-refractivity contribution < 1.29 is 13.2 Å². The molecule has 0 aliphatic rings. The van der Waals surface area contributed by atoms with Crippen LogP contribution in [0.4, 0.5) is 5.69 Å². The van der Waals surface area contributed by atoms with Gasteiger partial charge in [0.1, 0.15) is 9.84 Å². The lowest BCUT2D eigenvalue weighted by Crippen LogP contribution is -2.37. The van der Waals surface area contributed by atoms with Gasteiger partial charge in [-0.25, -0.2) is 8.42 Å². The number of nitrogen functional groups attached to an aromatic ring is 1. The average Bonchev–Trinajstić information content (AvgIpc) is 2.58. The van der Waals surface area contributed by atoms with Gasteiger partial charge in [0.05, 0.1) is 17.1 Å². The highest BCUT2D eigenvalue weighted by Crippen LogP contribution is 2.15. The number of carbonyl (C=O) groups is 1. The number of nitrogens with zero attached hydrogens (tertiary/aromatic N) is 1. The lowest BCUT2D eigenvalue weighted by atomic mass is 10.2. The summed E-state index contributed by atoms with van der Waals surface area (Å²) in [7, 11) is -3.14. The number of aryl methyl sites for hydroxylation is 1. The van der Waals surface area contributed by atoms with E-state index in [2.05, 4.69) is 15.5 Å². The topological polar surface area (TPSA) is 118 Å². The highest BCUT2D eigenvalue weighted by Gasteiger charge is 2.20. The Morgan fingerprint density at radius 1 is 1.53 bits per heavy atom. The number of aromatic nitrogens is 2. The molecule has 1 rings (SSSR count). The third-order valence-corrected chi connectivity index (χ3v) is 3.63. The quantitative estimate of drug-likeness (QED) is 0.686. The summed E-state index contributed by atoms with van der Waals surface area (Å²) in [6, 6.07) is -0.492. The summed E-state index contributed by atoms with van der Waals surface area (Å²) in [5.41, 5.74) is 6.99. The molecule has 4 N–H and O–H groups in total. The SMILES string of the molecule is CCCc1[nH]nc(C(=O)NC(C)CS(C)(=O)=O)c1N. The van der Waals surface area contributed by atoms with E-state index in [0.29, 0.717) is 12.1 Å². The summed E-state index contributed by atoms with van der Waals surface area (Å²) in [5.74, 6) is -0.586. The Kier molecular flexibility index (Phi) is 4.93. The van der Waals surface area contributed by atoms with Crippen LogP contribution in [0, 0.1) is 0 Å². The Morgan fingerprint density at radius 2 is 2.16 bits per heavy atom. The molecular formula is C11H20N4O3S. The first-order chi connectivity index (χ1) is 8.74. The summed E-state index contributed by atoms with van der Waals surface area (Å²) >= 11 is 0. The molecule has 1 aromatic rings. The molecule has 1 heterocycles. The highest BCUT2D eigenvalue weighted by molar-refractivity contribution is 7.90. The number of amides is 1. The van der Waals surface area contributed by atoms with Crippen LogP contribution in [0.1, 0.15) is 36.5 Å². The molecule has 7 nitrogen and oxygen atoms in total. The number of hydrogen-bond acceptors (Lipinski definition) is 5. The predicted octanol–water partition coefficient (Wildman–Crippen LogP) is 0.107. The molecule has 0 radical (unpaired) electrons. The highest BCUT2D eigenvalue weighted by atomic mass is 32.2. The Morgan fingerprint density at radius 3 is 2.68 bits per heavy atom. The molecule has 0 fully saturated rings. The van der Waals surface area contributed by atoms with E-state index in [1.165, 1.54) is 0 Å². The Labute approximate surface area is 112 Å². The zero-order valence-electron chi connectivity index (χ0n) is 11.4. The van der Waals surface area contributed by atoms with Crippen LogP contribution in [0.15, 0.2) is 0 Å². The lowest BCUT2D eigenvalue weighted by molar-refractivity contribution is 0.0939. The van der Waals surface area contributed by atoms with Gasteiger partial charge in [0, 0.05) is 12.3 Å². The number of sulfone groups is 1. The van der Waals surface area contributed by atoms with Crippen molar-refractivity contribution in [1.82, 2.24) is 15.5 Å².